The lowest BCUT2D eigenvalue weighted by Crippen LogP contribution is -2.58. The maximum absolute atomic E-state index is 11.7. The van der Waals surface area contributed by atoms with Crippen molar-refractivity contribution in [2.75, 3.05) is 20.1 Å². The Morgan fingerprint density at radius 3 is 2.60 bits per heavy atom. The van der Waals surface area contributed by atoms with Crippen LogP contribution in [0.25, 0.3) is 0 Å². The highest BCUT2D eigenvalue weighted by molar-refractivity contribution is 5.79. The molecule has 116 valence electrons. The standard InChI is InChI=1S/C16H30N2O2/c1-3-17-16(15(19)20)10-6-9-14(11-16)18(2)12-13-7-4-5-8-13/h13-14,17H,3-12H2,1-2H3,(H,19,20). The van der Waals surface area contributed by atoms with E-state index in [4.69, 9.17) is 0 Å². The molecule has 2 aliphatic rings. The van der Waals surface area contributed by atoms with Gasteiger partial charge in [-0.3, -0.25) is 4.79 Å². The van der Waals surface area contributed by atoms with Gasteiger partial charge in [0.15, 0.2) is 0 Å². The van der Waals surface area contributed by atoms with Crippen LogP contribution in [0.5, 0.6) is 0 Å². The first-order chi connectivity index (χ1) is 9.57. The van der Waals surface area contributed by atoms with E-state index in [1.165, 1.54) is 25.7 Å². The lowest BCUT2D eigenvalue weighted by Gasteiger charge is -2.42. The summed E-state index contributed by atoms with van der Waals surface area (Å²) < 4.78 is 0. The molecule has 4 heteroatoms. The lowest BCUT2D eigenvalue weighted by molar-refractivity contribution is -0.147. The van der Waals surface area contributed by atoms with Crippen LogP contribution in [0.1, 0.15) is 58.3 Å². The van der Waals surface area contributed by atoms with E-state index in [-0.39, 0.29) is 0 Å². The highest BCUT2D eigenvalue weighted by Gasteiger charge is 2.43. The molecule has 0 saturated heterocycles. The summed E-state index contributed by atoms with van der Waals surface area (Å²) >= 11 is 0. The molecule has 2 N–H and O–H groups in total. The average Bonchev–Trinajstić information content (AvgIpc) is 2.92. The molecule has 2 atom stereocenters. The summed E-state index contributed by atoms with van der Waals surface area (Å²) in [6, 6.07) is 0.416. The van der Waals surface area contributed by atoms with Crippen LogP contribution in [0.3, 0.4) is 0 Å². The van der Waals surface area contributed by atoms with Gasteiger partial charge in [0.25, 0.3) is 0 Å². The second-order valence-electron chi connectivity index (χ2n) is 6.76. The van der Waals surface area contributed by atoms with Crippen LogP contribution in [-0.2, 0) is 4.79 Å². The Balaban J connectivity index is 1.95. The summed E-state index contributed by atoms with van der Waals surface area (Å²) in [6.07, 6.45) is 9.13. The topological polar surface area (TPSA) is 52.6 Å². The number of carboxylic acids is 1. The molecular weight excluding hydrogens is 252 g/mol. The minimum absolute atomic E-state index is 0.416. The van der Waals surface area contributed by atoms with E-state index in [1.54, 1.807) is 0 Å². The van der Waals surface area contributed by atoms with E-state index in [0.29, 0.717) is 6.04 Å². The Bertz CT molecular complexity index is 324. The second-order valence-corrected chi connectivity index (χ2v) is 6.76. The summed E-state index contributed by atoms with van der Waals surface area (Å²) in [4.78, 5) is 14.1. The summed E-state index contributed by atoms with van der Waals surface area (Å²) in [7, 11) is 2.19. The Morgan fingerprint density at radius 1 is 1.30 bits per heavy atom. The predicted molar refractivity (Wildman–Crippen MR) is 80.9 cm³/mol. The summed E-state index contributed by atoms with van der Waals surface area (Å²) in [5, 5.41) is 12.9. The van der Waals surface area contributed by atoms with Crippen molar-refractivity contribution in [3.8, 4) is 0 Å². The fraction of sp³-hybridized carbons (Fsp3) is 0.938. The number of nitrogens with one attached hydrogen (secondary N) is 1. The Morgan fingerprint density at radius 2 is 2.00 bits per heavy atom. The van der Waals surface area contributed by atoms with E-state index < -0.39 is 11.5 Å². The van der Waals surface area contributed by atoms with Crippen molar-refractivity contribution in [3.05, 3.63) is 0 Å². The van der Waals surface area contributed by atoms with Crippen LogP contribution in [0.4, 0.5) is 0 Å². The minimum Gasteiger partial charge on any atom is -0.480 e. The van der Waals surface area contributed by atoms with Crippen molar-refractivity contribution < 1.29 is 9.90 Å². The number of hydrogen-bond acceptors (Lipinski definition) is 3. The number of carboxylic acid groups (broad SMARTS) is 1. The third-order valence-corrected chi connectivity index (χ3v) is 5.29. The maximum Gasteiger partial charge on any atom is 0.323 e. The van der Waals surface area contributed by atoms with Crippen LogP contribution < -0.4 is 5.32 Å². The van der Waals surface area contributed by atoms with Gasteiger partial charge in [0.05, 0.1) is 0 Å². The van der Waals surface area contributed by atoms with Gasteiger partial charge in [0.1, 0.15) is 5.54 Å². The van der Waals surface area contributed by atoms with Crippen LogP contribution in [-0.4, -0.2) is 47.7 Å². The lowest BCUT2D eigenvalue weighted by atomic mass is 9.78. The predicted octanol–water partition coefficient (Wildman–Crippen LogP) is 2.48. The molecule has 2 saturated carbocycles. The number of carbonyl (C=O) groups is 1. The molecule has 2 rings (SSSR count). The number of nitrogens with zero attached hydrogens (tertiary/aromatic N) is 1. The molecule has 0 bridgehead atoms. The molecule has 4 nitrogen and oxygen atoms in total. The zero-order valence-electron chi connectivity index (χ0n) is 13.0. The number of hydrogen-bond donors (Lipinski definition) is 2. The highest BCUT2D eigenvalue weighted by Crippen LogP contribution is 2.33. The molecule has 0 aromatic carbocycles. The average molecular weight is 282 g/mol. The van der Waals surface area contributed by atoms with E-state index in [1.807, 2.05) is 6.92 Å². The Labute approximate surface area is 122 Å². The van der Waals surface area contributed by atoms with Crippen LogP contribution in [0, 0.1) is 5.92 Å². The SMILES string of the molecule is CCNC1(C(=O)O)CCCC(N(C)CC2CCCC2)C1. The monoisotopic (exact) mass is 282 g/mol. The molecule has 0 aliphatic heterocycles. The number of aliphatic carboxylic acids is 1. The smallest absolute Gasteiger partial charge is 0.323 e. The molecule has 0 amide bonds. The van der Waals surface area contributed by atoms with Crippen LogP contribution in [0.2, 0.25) is 0 Å². The van der Waals surface area contributed by atoms with Gasteiger partial charge in [-0.1, -0.05) is 19.8 Å². The van der Waals surface area contributed by atoms with Gasteiger partial charge < -0.3 is 15.3 Å². The first-order valence-electron chi connectivity index (χ1n) is 8.26. The van der Waals surface area contributed by atoms with E-state index in [9.17, 15) is 9.90 Å². The van der Waals surface area contributed by atoms with Gasteiger partial charge in [-0.05, 0) is 58.0 Å². The molecule has 0 spiro atoms. The number of likely N-dealkylation sites (N-methyl/N-ethyl adjacent to an activating group) is 1. The van der Waals surface area contributed by atoms with Gasteiger partial charge in [-0.2, -0.15) is 0 Å². The maximum atomic E-state index is 11.7. The van der Waals surface area contributed by atoms with Gasteiger partial charge in [-0.15, -0.1) is 0 Å². The molecule has 0 aromatic rings. The van der Waals surface area contributed by atoms with Crippen molar-refractivity contribution in [3.63, 3.8) is 0 Å². The second kappa shape index (κ2) is 6.90. The molecule has 0 aromatic heterocycles. The molecule has 0 heterocycles. The molecule has 20 heavy (non-hydrogen) atoms. The van der Waals surface area contributed by atoms with Gasteiger partial charge in [0, 0.05) is 12.6 Å². The zero-order valence-corrected chi connectivity index (χ0v) is 13.0. The third-order valence-electron chi connectivity index (χ3n) is 5.29. The fourth-order valence-electron chi connectivity index (χ4n) is 4.14. The van der Waals surface area contributed by atoms with Crippen molar-refractivity contribution in [2.24, 2.45) is 5.92 Å². The Hall–Kier alpha value is -0.610. The molecule has 2 fully saturated rings. The largest absolute Gasteiger partial charge is 0.480 e. The number of rotatable bonds is 6. The van der Waals surface area contributed by atoms with Crippen LogP contribution >= 0.6 is 0 Å². The zero-order chi connectivity index (χ0) is 14.6. The summed E-state index contributed by atoms with van der Waals surface area (Å²) in [5.74, 6) is 0.165. The minimum atomic E-state index is -0.693. The summed E-state index contributed by atoms with van der Waals surface area (Å²) in [5.41, 5.74) is -0.693. The molecule has 0 radical (unpaired) electrons. The van der Waals surface area contributed by atoms with Gasteiger partial charge in [-0.25, -0.2) is 0 Å². The quantitative estimate of drug-likeness (QED) is 0.786. The highest BCUT2D eigenvalue weighted by atomic mass is 16.4. The van der Waals surface area contributed by atoms with Crippen molar-refractivity contribution in [1.29, 1.82) is 0 Å². The van der Waals surface area contributed by atoms with Gasteiger partial charge in [0.2, 0.25) is 0 Å². The van der Waals surface area contributed by atoms with Crippen molar-refractivity contribution in [2.45, 2.75) is 69.9 Å². The molecule has 2 unspecified atom stereocenters. The summed E-state index contributed by atoms with van der Waals surface area (Å²) in [6.45, 7) is 3.87. The fourth-order valence-corrected chi connectivity index (χ4v) is 4.14. The van der Waals surface area contributed by atoms with Gasteiger partial charge >= 0.3 is 5.97 Å². The first-order valence-corrected chi connectivity index (χ1v) is 8.26. The van der Waals surface area contributed by atoms with E-state index in [0.717, 1.165) is 44.7 Å². The molecule has 2 aliphatic carbocycles. The van der Waals surface area contributed by atoms with Crippen LogP contribution in [0.15, 0.2) is 0 Å². The van der Waals surface area contributed by atoms with Crippen molar-refractivity contribution in [1.82, 2.24) is 10.2 Å². The normalized spacial score (nSPS) is 31.9. The third kappa shape index (κ3) is 3.53. The Kier molecular flexibility index (Phi) is 5.44. The van der Waals surface area contributed by atoms with E-state index >= 15 is 0 Å². The first kappa shape index (κ1) is 15.8. The molecular formula is C16H30N2O2. The van der Waals surface area contributed by atoms with E-state index in [2.05, 4.69) is 17.3 Å². The van der Waals surface area contributed by atoms with Crippen molar-refractivity contribution >= 4 is 5.97 Å².